The van der Waals surface area contributed by atoms with Gasteiger partial charge in [0.05, 0.1) is 11.8 Å². The Morgan fingerprint density at radius 3 is 3.06 bits per heavy atom. The molecular formula is C12H11N3O2. The van der Waals surface area contributed by atoms with Crippen molar-refractivity contribution in [3.05, 3.63) is 30.0 Å². The number of hydrogen-bond donors (Lipinski definition) is 0. The predicted molar refractivity (Wildman–Crippen MR) is 65.2 cm³/mol. The molecule has 0 saturated carbocycles. The largest absolute Gasteiger partial charge is 0.464 e. The third kappa shape index (κ3) is 1.56. The Balaban J connectivity index is 2.11. The van der Waals surface area contributed by atoms with Crippen molar-refractivity contribution in [3.8, 4) is 0 Å². The summed E-state index contributed by atoms with van der Waals surface area (Å²) in [6.45, 7) is 0.682. The summed E-state index contributed by atoms with van der Waals surface area (Å²) in [4.78, 5) is 13.0. The molecule has 5 nitrogen and oxygen atoms in total. The quantitative estimate of drug-likeness (QED) is 0.738. The lowest BCUT2D eigenvalue weighted by Gasteiger charge is -2.16. The first-order valence-electron chi connectivity index (χ1n) is 5.26. The van der Waals surface area contributed by atoms with Crippen LogP contribution in [0.25, 0.3) is 11.0 Å². The fourth-order valence-electron chi connectivity index (χ4n) is 1.94. The van der Waals surface area contributed by atoms with Crippen molar-refractivity contribution in [1.82, 2.24) is 5.01 Å². The van der Waals surface area contributed by atoms with Crippen LogP contribution in [0.15, 0.2) is 34.0 Å². The molecule has 1 aromatic heterocycles. The monoisotopic (exact) mass is 229 g/mol. The van der Waals surface area contributed by atoms with Gasteiger partial charge in [-0.15, -0.1) is 0 Å². The van der Waals surface area contributed by atoms with Crippen LogP contribution in [0.3, 0.4) is 0 Å². The molecule has 0 amide bonds. The van der Waals surface area contributed by atoms with Crippen LogP contribution >= 0.6 is 0 Å². The molecule has 0 aliphatic carbocycles. The Labute approximate surface area is 97.9 Å². The number of anilines is 1. The topological polar surface area (TPSA) is 49.0 Å². The van der Waals surface area contributed by atoms with Gasteiger partial charge in [-0.05, 0) is 18.2 Å². The van der Waals surface area contributed by atoms with Crippen molar-refractivity contribution in [3.63, 3.8) is 0 Å². The smallest absolute Gasteiger partial charge is 0.153 e. The van der Waals surface area contributed by atoms with Gasteiger partial charge < -0.3 is 9.32 Å². The highest BCUT2D eigenvalue weighted by Gasteiger charge is 2.15. The summed E-state index contributed by atoms with van der Waals surface area (Å²) in [5.74, 6) is 0. The lowest BCUT2D eigenvalue weighted by molar-refractivity contribution is 0.112. The second kappa shape index (κ2) is 3.62. The van der Waals surface area contributed by atoms with Gasteiger partial charge in [-0.25, -0.2) is 0 Å². The van der Waals surface area contributed by atoms with Crippen molar-refractivity contribution in [2.75, 3.05) is 18.6 Å². The van der Waals surface area contributed by atoms with Gasteiger partial charge >= 0.3 is 0 Å². The standard InChI is InChI=1S/C12H11N3O2/c1-14-8-15(7-13-14)11-4-9-2-3-17-12(9)10(5-11)6-16/h2-7H,8H2,1H3. The fraction of sp³-hybridized carbons (Fsp3) is 0.167. The number of benzene rings is 1. The maximum Gasteiger partial charge on any atom is 0.153 e. The molecule has 2 heterocycles. The molecule has 0 bridgehead atoms. The Morgan fingerprint density at radius 1 is 1.47 bits per heavy atom. The molecule has 3 rings (SSSR count). The van der Waals surface area contributed by atoms with E-state index in [4.69, 9.17) is 4.42 Å². The van der Waals surface area contributed by atoms with Gasteiger partial charge in [0.2, 0.25) is 0 Å². The van der Waals surface area contributed by atoms with Crippen LogP contribution in [0.5, 0.6) is 0 Å². The normalized spacial score (nSPS) is 14.9. The van der Waals surface area contributed by atoms with Gasteiger partial charge in [-0.3, -0.25) is 9.80 Å². The van der Waals surface area contributed by atoms with E-state index in [2.05, 4.69) is 5.10 Å². The second-order valence-corrected chi connectivity index (χ2v) is 3.99. The molecule has 86 valence electrons. The molecule has 0 unspecified atom stereocenters. The van der Waals surface area contributed by atoms with E-state index in [9.17, 15) is 4.79 Å². The van der Waals surface area contributed by atoms with Gasteiger partial charge in [0.15, 0.2) is 6.29 Å². The van der Waals surface area contributed by atoms with Crippen molar-refractivity contribution in [1.29, 1.82) is 0 Å². The van der Waals surface area contributed by atoms with E-state index in [1.165, 1.54) is 0 Å². The fourth-order valence-corrected chi connectivity index (χ4v) is 1.94. The number of carbonyl (C=O) groups is 1. The summed E-state index contributed by atoms with van der Waals surface area (Å²) < 4.78 is 5.28. The molecule has 0 saturated heterocycles. The maximum absolute atomic E-state index is 11.0. The van der Waals surface area contributed by atoms with Crippen LogP contribution in [0.4, 0.5) is 5.69 Å². The van der Waals surface area contributed by atoms with Crippen molar-refractivity contribution in [2.45, 2.75) is 0 Å². The molecule has 1 aliphatic heterocycles. The highest BCUT2D eigenvalue weighted by Crippen LogP contribution is 2.26. The third-order valence-electron chi connectivity index (χ3n) is 2.77. The molecule has 1 aliphatic rings. The Kier molecular flexibility index (Phi) is 2.11. The van der Waals surface area contributed by atoms with Crippen molar-refractivity contribution >= 4 is 29.3 Å². The summed E-state index contributed by atoms with van der Waals surface area (Å²) in [6.07, 6.45) is 4.15. The van der Waals surface area contributed by atoms with Crippen LogP contribution in [0, 0.1) is 0 Å². The third-order valence-corrected chi connectivity index (χ3v) is 2.77. The Hall–Kier alpha value is -2.30. The van der Waals surface area contributed by atoms with Crippen molar-refractivity contribution in [2.24, 2.45) is 5.10 Å². The van der Waals surface area contributed by atoms with Gasteiger partial charge in [0.1, 0.15) is 18.6 Å². The van der Waals surface area contributed by atoms with E-state index < -0.39 is 0 Å². The summed E-state index contributed by atoms with van der Waals surface area (Å²) in [5, 5.41) is 6.88. The number of carbonyl (C=O) groups excluding carboxylic acids is 1. The van der Waals surface area contributed by atoms with Crippen LogP contribution in [-0.2, 0) is 0 Å². The maximum atomic E-state index is 11.0. The van der Waals surface area contributed by atoms with E-state index in [0.29, 0.717) is 17.8 Å². The van der Waals surface area contributed by atoms with E-state index in [1.807, 2.05) is 35.2 Å². The number of aldehydes is 1. The molecule has 0 fully saturated rings. The Morgan fingerprint density at radius 2 is 2.35 bits per heavy atom. The molecular weight excluding hydrogens is 218 g/mol. The van der Waals surface area contributed by atoms with Crippen LogP contribution < -0.4 is 4.90 Å². The van der Waals surface area contributed by atoms with E-state index in [-0.39, 0.29) is 0 Å². The predicted octanol–water partition coefficient (Wildman–Crippen LogP) is 1.90. The number of fused-ring (bicyclic) bond motifs is 1. The number of furan rings is 1. The number of hydrazone groups is 1. The number of hydrogen-bond acceptors (Lipinski definition) is 5. The van der Waals surface area contributed by atoms with Crippen LogP contribution in [0.1, 0.15) is 10.4 Å². The highest BCUT2D eigenvalue weighted by molar-refractivity contribution is 5.98. The van der Waals surface area contributed by atoms with E-state index in [1.54, 1.807) is 12.6 Å². The lowest BCUT2D eigenvalue weighted by Crippen LogP contribution is -2.23. The van der Waals surface area contributed by atoms with Crippen LogP contribution in [0.2, 0.25) is 0 Å². The highest BCUT2D eigenvalue weighted by atomic mass is 16.3. The summed E-state index contributed by atoms with van der Waals surface area (Å²) in [7, 11) is 1.90. The molecule has 0 radical (unpaired) electrons. The zero-order valence-electron chi connectivity index (χ0n) is 9.33. The molecule has 17 heavy (non-hydrogen) atoms. The minimum atomic E-state index is 0.561. The molecule has 0 N–H and O–H groups in total. The molecule has 5 heteroatoms. The SMILES string of the molecule is CN1CN(c2cc(C=O)c3occc3c2)C=N1. The van der Waals surface area contributed by atoms with Gasteiger partial charge in [-0.2, -0.15) is 5.10 Å². The summed E-state index contributed by atoms with van der Waals surface area (Å²) in [5.41, 5.74) is 2.13. The summed E-state index contributed by atoms with van der Waals surface area (Å²) in [6, 6.07) is 5.64. The minimum absolute atomic E-state index is 0.561. The minimum Gasteiger partial charge on any atom is -0.464 e. The molecule has 2 aromatic rings. The summed E-state index contributed by atoms with van der Waals surface area (Å²) >= 11 is 0. The van der Waals surface area contributed by atoms with Gasteiger partial charge in [0, 0.05) is 18.1 Å². The first-order valence-corrected chi connectivity index (χ1v) is 5.26. The molecule has 0 atom stereocenters. The number of nitrogens with zero attached hydrogens (tertiary/aromatic N) is 3. The zero-order chi connectivity index (χ0) is 11.8. The lowest BCUT2D eigenvalue weighted by atomic mass is 10.1. The first-order chi connectivity index (χ1) is 8.28. The zero-order valence-corrected chi connectivity index (χ0v) is 9.33. The van der Waals surface area contributed by atoms with Gasteiger partial charge in [-0.1, -0.05) is 0 Å². The van der Waals surface area contributed by atoms with E-state index >= 15 is 0 Å². The number of rotatable bonds is 2. The molecule has 1 aromatic carbocycles. The van der Waals surface area contributed by atoms with Crippen LogP contribution in [-0.4, -0.2) is 31.3 Å². The van der Waals surface area contributed by atoms with E-state index in [0.717, 1.165) is 17.4 Å². The first kappa shape index (κ1) is 9.89. The Bertz CT molecular complexity index is 603. The van der Waals surface area contributed by atoms with Crippen molar-refractivity contribution < 1.29 is 9.21 Å². The average molecular weight is 229 g/mol. The second-order valence-electron chi connectivity index (χ2n) is 3.99. The molecule has 0 spiro atoms. The van der Waals surface area contributed by atoms with Gasteiger partial charge in [0.25, 0.3) is 0 Å². The average Bonchev–Trinajstić information content (AvgIpc) is 2.95.